The lowest BCUT2D eigenvalue weighted by Gasteiger charge is -2.18. The van der Waals surface area contributed by atoms with Crippen molar-refractivity contribution in [2.24, 2.45) is 0 Å². The van der Waals surface area contributed by atoms with Crippen molar-refractivity contribution in [1.29, 1.82) is 0 Å². The zero-order valence-electron chi connectivity index (χ0n) is 33.0. The Morgan fingerprint density at radius 3 is 1.20 bits per heavy atom. The van der Waals surface area contributed by atoms with Gasteiger partial charge in [-0.2, -0.15) is 0 Å². The van der Waals surface area contributed by atoms with E-state index in [4.69, 9.17) is 19.3 Å². The number of unbranched alkanes of at least 4 members (excludes halogenated alkanes) is 25. The second-order valence-electron chi connectivity index (χ2n) is 14.3. The minimum absolute atomic E-state index is 0.203. The molecule has 9 heteroatoms. The lowest BCUT2D eigenvalue weighted by atomic mass is 10.1. The molecule has 0 aliphatic carbocycles. The fraction of sp³-hybridized carbons (Fsp3) is 0.857. The van der Waals surface area contributed by atoms with Crippen LogP contribution in [0, 0.1) is 0 Å². The lowest BCUT2D eigenvalue weighted by molar-refractivity contribution is -0.161. The number of hydrogen-bond acceptors (Lipinski definition) is 6. The first-order chi connectivity index (χ1) is 24.8. The quantitative estimate of drug-likeness (QED) is 0.0276. The van der Waals surface area contributed by atoms with Crippen molar-refractivity contribution in [2.75, 3.05) is 13.2 Å². The van der Waals surface area contributed by atoms with Gasteiger partial charge in [-0.05, 0) is 64.2 Å². The molecule has 0 radical (unpaired) electrons. The summed E-state index contributed by atoms with van der Waals surface area (Å²) in [6, 6.07) is 0. The molecule has 0 aliphatic heterocycles. The molecular weight excluding hydrogens is 663 g/mol. The van der Waals surface area contributed by atoms with Gasteiger partial charge >= 0.3 is 19.8 Å². The van der Waals surface area contributed by atoms with Gasteiger partial charge in [-0.1, -0.05) is 160 Å². The van der Waals surface area contributed by atoms with Gasteiger partial charge in [0.15, 0.2) is 6.10 Å². The molecule has 0 fully saturated rings. The summed E-state index contributed by atoms with van der Waals surface area (Å²) in [5.74, 6) is -0.893. The lowest BCUT2D eigenvalue weighted by Crippen LogP contribution is -2.29. The van der Waals surface area contributed by atoms with E-state index in [0.717, 1.165) is 64.2 Å². The number of esters is 2. The molecule has 2 N–H and O–H groups in total. The average molecular weight is 743 g/mol. The van der Waals surface area contributed by atoms with Crippen LogP contribution in [0.4, 0.5) is 0 Å². The highest BCUT2D eigenvalue weighted by atomic mass is 31.2. The first-order valence-electron chi connectivity index (χ1n) is 21.1. The molecule has 300 valence electrons. The average Bonchev–Trinajstić information content (AvgIpc) is 3.10. The molecule has 0 saturated heterocycles. The van der Waals surface area contributed by atoms with E-state index in [9.17, 15) is 14.2 Å². The number of ether oxygens (including phenoxy) is 2. The molecule has 0 saturated carbocycles. The first kappa shape index (κ1) is 49.5. The Morgan fingerprint density at radius 1 is 0.490 bits per heavy atom. The van der Waals surface area contributed by atoms with Crippen LogP contribution in [0.5, 0.6) is 0 Å². The summed E-state index contributed by atoms with van der Waals surface area (Å²) in [5.41, 5.74) is 0. The summed E-state index contributed by atoms with van der Waals surface area (Å²) in [7, 11) is -4.75. The largest absolute Gasteiger partial charge is 0.469 e. The van der Waals surface area contributed by atoms with E-state index in [1.165, 1.54) is 116 Å². The van der Waals surface area contributed by atoms with E-state index >= 15 is 0 Å². The molecule has 0 amide bonds. The van der Waals surface area contributed by atoms with Gasteiger partial charge in [0.1, 0.15) is 6.61 Å². The van der Waals surface area contributed by atoms with Crippen LogP contribution in [0.15, 0.2) is 24.3 Å². The minimum Gasteiger partial charge on any atom is -0.462 e. The summed E-state index contributed by atoms with van der Waals surface area (Å²) >= 11 is 0. The molecule has 0 heterocycles. The Kier molecular flexibility index (Phi) is 37.2. The first-order valence-corrected chi connectivity index (χ1v) is 22.7. The van der Waals surface area contributed by atoms with E-state index in [0.29, 0.717) is 6.42 Å². The molecule has 51 heavy (non-hydrogen) atoms. The molecule has 1 atom stereocenters. The summed E-state index contributed by atoms with van der Waals surface area (Å²) in [4.78, 5) is 42.8. The van der Waals surface area contributed by atoms with E-state index in [1.54, 1.807) is 0 Å². The summed E-state index contributed by atoms with van der Waals surface area (Å²) in [6.45, 7) is 3.68. The highest BCUT2D eigenvalue weighted by molar-refractivity contribution is 7.46. The number of carbonyl (C=O) groups excluding carboxylic acids is 2. The topological polar surface area (TPSA) is 119 Å². The van der Waals surface area contributed by atoms with Crippen LogP contribution in [0.3, 0.4) is 0 Å². The third-order valence-electron chi connectivity index (χ3n) is 9.19. The van der Waals surface area contributed by atoms with Crippen LogP contribution < -0.4 is 0 Å². The Balaban J connectivity index is 3.92. The van der Waals surface area contributed by atoms with Gasteiger partial charge in [0, 0.05) is 12.8 Å². The fourth-order valence-electron chi connectivity index (χ4n) is 6.01. The molecule has 0 rings (SSSR count). The molecule has 0 aromatic rings. The van der Waals surface area contributed by atoms with E-state index in [1.807, 2.05) is 0 Å². The third-order valence-corrected chi connectivity index (χ3v) is 9.68. The number of hydrogen-bond donors (Lipinski definition) is 2. The van der Waals surface area contributed by atoms with Crippen molar-refractivity contribution in [2.45, 2.75) is 219 Å². The van der Waals surface area contributed by atoms with Crippen molar-refractivity contribution in [3.63, 3.8) is 0 Å². The van der Waals surface area contributed by atoms with Crippen molar-refractivity contribution >= 4 is 19.8 Å². The van der Waals surface area contributed by atoms with Crippen LogP contribution >= 0.6 is 7.82 Å². The number of allylic oxidation sites excluding steroid dienone is 4. The van der Waals surface area contributed by atoms with E-state index in [-0.39, 0.29) is 19.4 Å². The van der Waals surface area contributed by atoms with Crippen LogP contribution in [0.1, 0.15) is 213 Å². The van der Waals surface area contributed by atoms with Gasteiger partial charge in [0.25, 0.3) is 0 Å². The molecule has 0 bridgehead atoms. The van der Waals surface area contributed by atoms with Crippen LogP contribution in [0.25, 0.3) is 0 Å². The highest BCUT2D eigenvalue weighted by Gasteiger charge is 2.22. The summed E-state index contributed by atoms with van der Waals surface area (Å²) < 4.78 is 26.4. The molecule has 8 nitrogen and oxygen atoms in total. The van der Waals surface area contributed by atoms with E-state index < -0.39 is 32.5 Å². The Labute approximate surface area is 313 Å². The predicted octanol–water partition coefficient (Wildman–Crippen LogP) is 12.8. The van der Waals surface area contributed by atoms with Gasteiger partial charge in [-0.3, -0.25) is 14.1 Å². The van der Waals surface area contributed by atoms with Gasteiger partial charge in [-0.25, -0.2) is 4.57 Å². The fourth-order valence-corrected chi connectivity index (χ4v) is 6.37. The highest BCUT2D eigenvalue weighted by Crippen LogP contribution is 2.36. The predicted molar refractivity (Wildman–Crippen MR) is 212 cm³/mol. The Bertz CT molecular complexity index is 884. The van der Waals surface area contributed by atoms with Gasteiger partial charge in [0.05, 0.1) is 6.61 Å². The second-order valence-corrected chi connectivity index (χ2v) is 15.5. The molecule has 0 spiro atoms. The molecule has 0 aromatic carbocycles. The smallest absolute Gasteiger partial charge is 0.462 e. The maximum Gasteiger partial charge on any atom is 0.469 e. The number of carbonyl (C=O) groups is 2. The Morgan fingerprint density at radius 2 is 0.824 bits per heavy atom. The van der Waals surface area contributed by atoms with Crippen molar-refractivity contribution in [1.82, 2.24) is 0 Å². The minimum atomic E-state index is -4.75. The monoisotopic (exact) mass is 743 g/mol. The Hall–Kier alpha value is -1.47. The van der Waals surface area contributed by atoms with Crippen molar-refractivity contribution in [3.8, 4) is 0 Å². The summed E-state index contributed by atoms with van der Waals surface area (Å²) in [6.07, 6.45) is 43.2. The van der Waals surface area contributed by atoms with E-state index in [2.05, 4.69) is 42.7 Å². The van der Waals surface area contributed by atoms with Gasteiger partial charge < -0.3 is 19.3 Å². The van der Waals surface area contributed by atoms with Gasteiger partial charge in [-0.15, -0.1) is 0 Å². The summed E-state index contributed by atoms with van der Waals surface area (Å²) in [5, 5.41) is 0. The number of phosphoric acid groups is 1. The standard InChI is InChI=1S/C42H79O8P/c1-3-5-7-9-11-13-15-17-19-21-23-24-26-28-30-32-34-36-41(43)48-38-40(39-49-51(45,46)47)50-42(44)37-35-33-31-29-27-25-22-20-18-16-14-12-10-8-6-4-2/h17,19-20,22,40H,3-16,18,21,23-39H2,1-2H3,(H2,45,46,47)/b19-17-,22-20-/t40-/m1/s1. The van der Waals surface area contributed by atoms with Crippen molar-refractivity contribution < 1.29 is 37.9 Å². The van der Waals surface area contributed by atoms with Crippen LogP contribution in [-0.4, -0.2) is 41.0 Å². The SMILES string of the molecule is CCCCCCCC/C=C\CCCCCCCCCC(=O)OC[C@H](COP(=O)(O)O)OC(=O)CCCCCCC/C=C\CCCCCCCCC. The molecule has 0 aromatic heterocycles. The second kappa shape index (κ2) is 38.3. The number of rotatable bonds is 39. The normalized spacial score (nSPS) is 12.6. The van der Waals surface area contributed by atoms with Crippen LogP contribution in [0.2, 0.25) is 0 Å². The van der Waals surface area contributed by atoms with Crippen LogP contribution in [-0.2, 0) is 28.2 Å². The third kappa shape index (κ3) is 41.2. The molecule has 0 unspecified atom stereocenters. The van der Waals surface area contributed by atoms with Crippen molar-refractivity contribution in [3.05, 3.63) is 24.3 Å². The zero-order valence-corrected chi connectivity index (χ0v) is 33.9. The molecular formula is C42H79O8P. The maximum absolute atomic E-state index is 12.4. The molecule has 0 aliphatic rings. The van der Waals surface area contributed by atoms with Gasteiger partial charge in [0.2, 0.25) is 0 Å². The maximum atomic E-state index is 12.4. The number of phosphoric ester groups is 1. The zero-order chi connectivity index (χ0) is 37.5.